The average molecular weight is 848 g/mol. The first-order valence-corrected chi connectivity index (χ1v) is 23.4. The molecule has 12 rings (SSSR count). The SMILES string of the molecule is CCNCC1=C[C@@]2(C)CC[C@@H]1[C@]1(O[C@H]3C[C@@]4(O)C5=CC(=O)[C@@H]6[C@H]7c8cc(O)cc(O)c8CC[C@@H]8C[C@@]5(CC[C@]4(C)[C@H]3[C@]1(O)CCO)[C@@]6(C)C[C@H](OCCCO)[C@@]87O)[C@@H](O)[C@H]2C. The van der Waals surface area contributed by atoms with Crippen LogP contribution in [0.5, 0.6) is 11.5 Å². The molecule has 12 nitrogen and oxygen atoms in total. The summed E-state index contributed by atoms with van der Waals surface area (Å²) in [6, 6.07) is 2.92. The predicted octanol–water partition coefficient (Wildman–Crippen LogP) is 3.93. The van der Waals surface area contributed by atoms with Crippen molar-refractivity contribution in [2.45, 2.75) is 152 Å². The maximum absolute atomic E-state index is 15.4. The summed E-state index contributed by atoms with van der Waals surface area (Å²) < 4.78 is 14.0. The van der Waals surface area contributed by atoms with Crippen molar-refractivity contribution < 1.29 is 55.1 Å². The lowest BCUT2D eigenvalue weighted by Gasteiger charge is -2.67. The number of likely N-dealkylation sites (N-methyl/N-ethyl adjacent to an activating group) is 1. The maximum Gasteiger partial charge on any atom is 0.160 e. The fourth-order valence-electron chi connectivity index (χ4n) is 17.2. The molecule has 10 aliphatic carbocycles. The van der Waals surface area contributed by atoms with Crippen LogP contribution in [-0.4, -0.2) is 120 Å². The summed E-state index contributed by atoms with van der Waals surface area (Å²) in [5.74, 6) is -3.73. The van der Waals surface area contributed by atoms with Crippen LogP contribution in [0, 0.1) is 51.2 Å². The highest BCUT2D eigenvalue weighted by Crippen LogP contribution is 2.81. The zero-order chi connectivity index (χ0) is 43.5. The van der Waals surface area contributed by atoms with Crippen LogP contribution in [0.4, 0.5) is 0 Å². The summed E-state index contributed by atoms with van der Waals surface area (Å²) in [6.45, 7) is 11.6. The quantitative estimate of drug-likeness (QED) is 0.128. The molecule has 2 spiro atoms. The highest BCUT2D eigenvalue weighted by Gasteiger charge is 2.85. The number of rotatable bonds is 9. The molecular formula is C49H69NO11. The fraction of sp³-hybridized carbons (Fsp3) is 0.776. The topological polar surface area (TPSA) is 209 Å². The first kappa shape index (κ1) is 42.6. The molecule has 0 unspecified atom stereocenters. The number of benzene rings is 1. The summed E-state index contributed by atoms with van der Waals surface area (Å²) in [7, 11) is 0. The third-order valence-corrected chi connectivity index (χ3v) is 20.1. The highest BCUT2D eigenvalue weighted by atomic mass is 16.6. The number of carbonyl (C=O) groups is 1. The molecule has 61 heavy (non-hydrogen) atoms. The number of allylic oxidation sites excluding steroid dienone is 2. The summed E-state index contributed by atoms with van der Waals surface area (Å²) in [5.41, 5.74) is -6.48. The van der Waals surface area contributed by atoms with Gasteiger partial charge in [-0.15, -0.1) is 0 Å². The number of phenols is 2. The second kappa shape index (κ2) is 13.6. The molecule has 1 aliphatic heterocycles. The maximum atomic E-state index is 15.4. The molecule has 8 bridgehead atoms. The highest BCUT2D eigenvalue weighted by molar-refractivity contribution is 5.96. The Kier molecular flexibility index (Phi) is 9.47. The third kappa shape index (κ3) is 4.90. The molecule has 1 aromatic carbocycles. The number of ketones is 1. The van der Waals surface area contributed by atoms with Gasteiger partial charge in [-0.25, -0.2) is 0 Å². The molecule has 7 fully saturated rings. The Labute approximate surface area is 359 Å². The number of aliphatic hydroxyl groups excluding tert-OH is 3. The van der Waals surface area contributed by atoms with Gasteiger partial charge in [-0.1, -0.05) is 46.3 Å². The van der Waals surface area contributed by atoms with E-state index in [1.54, 1.807) is 12.1 Å². The molecule has 11 aliphatic rings. The van der Waals surface area contributed by atoms with E-state index in [0.29, 0.717) is 74.6 Å². The molecule has 0 aromatic heterocycles. The number of hydrogen-bond donors (Lipinski definition) is 9. The molecule has 17 atom stereocenters. The van der Waals surface area contributed by atoms with Crippen LogP contribution in [0.3, 0.4) is 0 Å². The van der Waals surface area contributed by atoms with Gasteiger partial charge in [-0.3, -0.25) is 4.79 Å². The number of aromatic hydroxyl groups is 2. The van der Waals surface area contributed by atoms with Crippen LogP contribution in [0.25, 0.3) is 0 Å². The first-order valence-electron chi connectivity index (χ1n) is 23.4. The summed E-state index contributed by atoms with van der Waals surface area (Å²) in [4.78, 5) is 15.4. The van der Waals surface area contributed by atoms with Gasteiger partial charge in [0.25, 0.3) is 0 Å². The van der Waals surface area contributed by atoms with Gasteiger partial charge in [0.2, 0.25) is 0 Å². The zero-order valence-corrected chi connectivity index (χ0v) is 36.6. The number of carbonyl (C=O) groups excluding carboxylic acids is 1. The van der Waals surface area contributed by atoms with Gasteiger partial charge in [-0.05, 0) is 116 Å². The van der Waals surface area contributed by atoms with Gasteiger partial charge in [0.15, 0.2) is 5.78 Å². The molecule has 6 saturated carbocycles. The van der Waals surface area contributed by atoms with Gasteiger partial charge in [0.1, 0.15) is 28.3 Å². The van der Waals surface area contributed by atoms with Gasteiger partial charge in [0, 0.05) is 79.8 Å². The smallest absolute Gasteiger partial charge is 0.160 e. The minimum Gasteiger partial charge on any atom is -0.508 e. The largest absolute Gasteiger partial charge is 0.508 e. The van der Waals surface area contributed by atoms with Crippen LogP contribution in [0.15, 0.2) is 35.4 Å². The Morgan fingerprint density at radius 2 is 1.72 bits per heavy atom. The van der Waals surface area contributed by atoms with E-state index in [-0.39, 0.29) is 67.2 Å². The lowest BCUT2D eigenvalue weighted by molar-refractivity contribution is -0.248. The Bertz CT molecular complexity index is 2070. The number of aliphatic hydroxyl groups is 6. The Morgan fingerprint density at radius 3 is 2.44 bits per heavy atom. The van der Waals surface area contributed by atoms with Crippen LogP contribution in [0.1, 0.15) is 116 Å². The van der Waals surface area contributed by atoms with Crippen LogP contribution in [-0.2, 0) is 20.7 Å². The summed E-state index contributed by atoms with van der Waals surface area (Å²) in [5, 5.41) is 100. The summed E-state index contributed by atoms with van der Waals surface area (Å²) in [6.07, 6.45) is 6.13. The van der Waals surface area contributed by atoms with Crippen molar-refractivity contribution in [3.05, 3.63) is 46.6 Å². The fourth-order valence-corrected chi connectivity index (χ4v) is 17.2. The molecule has 1 aromatic rings. The van der Waals surface area contributed by atoms with Gasteiger partial charge < -0.3 is 55.6 Å². The lowest BCUT2D eigenvalue weighted by Crippen LogP contribution is -2.71. The molecule has 336 valence electrons. The molecular weight excluding hydrogens is 779 g/mol. The van der Waals surface area contributed by atoms with E-state index in [1.807, 2.05) is 13.8 Å². The Morgan fingerprint density at radius 1 is 0.951 bits per heavy atom. The van der Waals surface area contributed by atoms with E-state index in [0.717, 1.165) is 18.5 Å². The predicted molar refractivity (Wildman–Crippen MR) is 224 cm³/mol. The van der Waals surface area contributed by atoms with Gasteiger partial charge >= 0.3 is 0 Å². The second-order valence-corrected chi connectivity index (χ2v) is 22.1. The van der Waals surface area contributed by atoms with Crippen molar-refractivity contribution in [1.82, 2.24) is 5.32 Å². The van der Waals surface area contributed by atoms with Crippen molar-refractivity contribution >= 4 is 5.78 Å². The van der Waals surface area contributed by atoms with Gasteiger partial charge in [-0.2, -0.15) is 0 Å². The van der Waals surface area contributed by atoms with Crippen molar-refractivity contribution in [3.63, 3.8) is 0 Å². The van der Waals surface area contributed by atoms with E-state index in [2.05, 4.69) is 32.2 Å². The number of ether oxygens (including phenoxy) is 2. The van der Waals surface area contributed by atoms with Crippen molar-refractivity contribution in [3.8, 4) is 11.5 Å². The van der Waals surface area contributed by atoms with E-state index in [1.165, 1.54) is 6.07 Å². The first-order chi connectivity index (χ1) is 28.8. The summed E-state index contributed by atoms with van der Waals surface area (Å²) >= 11 is 0. The van der Waals surface area contributed by atoms with E-state index in [4.69, 9.17) is 9.47 Å². The Hall–Kier alpha value is -2.39. The second-order valence-electron chi connectivity index (χ2n) is 22.1. The normalized spacial score (nSPS) is 51.2. The minimum absolute atomic E-state index is 0.0447. The van der Waals surface area contributed by atoms with Crippen molar-refractivity contribution in [2.24, 2.45) is 51.2 Å². The van der Waals surface area contributed by atoms with Crippen LogP contribution < -0.4 is 5.32 Å². The van der Waals surface area contributed by atoms with E-state index in [9.17, 15) is 40.9 Å². The molecule has 12 heteroatoms. The van der Waals surface area contributed by atoms with Crippen molar-refractivity contribution in [2.75, 3.05) is 32.9 Å². The third-order valence-electron chi connectivity index (χ3n) is 20.1. The van der Waals surface area contributed by atoms with Crippen molar-refractivity contribution in [1.29, 1.82) is 0 Å². The molecule has 0 amide bonds. The Balaban J connectivity index is 1.13. The zero-order valence-electron chi connectivity index (χ0n) is 36.6. The van der Waals surface area contributed by atoms with E-state index < -0.39 is 80.6 Å². The van der Waals surface area contributed by atoms with Crippen LogP contribution in [0.2, 0.25) is 0 Å². The minimum atomic E-state index is -1.74. The number of phenolic OH excluding ortho intramolecular Hbond substituents is 2. The van der Waals surface area contributed by atoms with E-state index >= 15 is 4.79 Å². The average Bonchev–Trinajstić information content (AvgIpc) is 3.43. The number of nitrogens with one attached hydrogen (secondary N) is 1. The lowest BCUT2D eigenvalue weighted by atomic mass is 9.38. The molecule has 0 radical (unpaired) electrons. The molecule has 1 saturated heterocycles. The molecule has 9 N–H and O–H groups in total. The monoisotopic (exact) mass is 847 g/mol. The van der Waals surface area contributed by atoms with Crippen LogP contribution >= 0.6 is 0 Å². The standard InChI is InChI=1S/C49H69NO11/c1-6-50-25-27-21-42(3)11-10-32(27)49(41(56)26(42)2)46(57,14-16-52)40-35(61-49)23-47(58)36-20-34(55)39-38-31-18-29(53)19-33(54)30(31)9-8-28-22-45(36,13-12-43(40,47)4)44(39,5)24-37(48(28,38)59)60-17-7-15-51/h18-21,26,28,32,35,37-41,50-54,56-59H,6-17,22-25H2,1-5H3/t26-,28-,32+,35+,37+,38-,39-,40+,41+,42-,43-,44+,45-,46-,47-,48+,49+/m1/s1. The van der Waals surface area contributed by atoms with Gasteiger partial charge in [0.05, 0.1) is 23.9 Å². The number of hydrogen-bond acceptors (Lipinski definition) is 12. The number of fused-ring (bicyclic) bond motifs is 8. The molecule has 1 heterocycles.